The van der Waals surface area contributed by atoms with E-state index in [0.29, 0.717) is 0 Å². The molecule has 0 spiro atoms. The van der Waals surface area contributed by atoms with Crippen molar-refractivity contribution in [1.29, 1.82) is 0 Å². The van der Waals surface area contributed by atoms with Crippen LogP contribution in [-0.4, -0.2) is 0 Å². The quantitative estimate of drug-likeness (QED) is 0.424. The van der Waals surface area contributed by atoms with E-state index in [1.807, 2.05) is 19.1 Å². The maximum atomic E-state index is 3.57. The van der Waals surface area contributed by atoms with Gasteiger partial charge in [0.15, 0.2) is 0 Å². The van der Waals surface area contributed by atoms with Gasteiger partial charge < -0.3 is 0 Å². The van der Waals surface area contributed by atoms with E-state index in [2.05, 4.69) is 33.1 Å². The van der Waals surface area contributed by atoms with Crippen molar-refractivity contribution in [3.05, 3.63) is 37.5 Å². The van der Waals surface area contributed by atoms with Gasteiger partial charge in [0.05, 0.1) is 0 Å². The smallest absolute Gasteiger partial charge is 0.0324 e. The third kappa shape index (κ3) is 27.0. The van der Waals surface area contributed by atoms with Crippen molar-refractivity contribution in [1.82, 2.24) is 0 Å². The van der Waals surface area contributed by atoms with Gasteiger partial charge in [-0.05, 0) is 19.3 Å². The Balaban J connectivity index is 0. The van der Waals surface area contributed by atoms with E-state index < -0.39 is 0 Å². The molecule has 0 saturated carbocycles. The molecule has 0 aromatic carbocycles. The van der Waals surface area contributed by atoms with Gasteiger partial charge in [-0.2, -0.15) is 0 Å². The van der Waals surface area contributed by atoms with E-state index in [-0.39, 0.29) is 0 Å². The van der Waals surface area contributed by atoms with Crippen molar-refractivity contribution in [3.63, 3.8) is 0 Å². The summed E-state index contributed by atoms with van der Waals surface area (Å²) in [5.74, 6) is 0.770. The summed E-state index contributed by atoms with van der Waals surface area (Å²) in [6, 6.07) is 0. The zero-order valence-corrected chi connectivity index (χ0v) is 8.01. The summed E-state index contributed by atoms with van der Waals surface area (Å²) >= 11 is 0. The highest BCUT2D eigenvalue weighted by molar-refractivity contribution is 4.97. The third-order valence-corrected chi connectivity index (χ3v) is 0.880. The topological polar surface area (TPSA) is 0 Å². The summed E-state index contributed by atoms with van der Waals surface area (Å²) in [6.45, 7) is 13.2. The fourth-order valence-corrected chi connectivity index (χ4v) is 0.447. The van der Waals surface area contributed by atoms with Crippen molar-refractivity contribution in [2.24, 2.45) is 5.92 Å². The number of rotatable bonds is 3. The molecule has 0 heteroatoms. The Kier molecular flexibility index (Phi) is 14.0. The van der Waals surface area contributed by atoms with Crippen molar-refractivity contribution in [2.45, 2.75) is 27.2 Å². The molecular formula is C11H20. The maximum Gasteiger partial charge on any atom is -0.0324 e. The zero-order chi connectivity index (χ0) is 9.11. The fraction of sp³-hybridized carbons (Fsp3) is 0.455. The molecule has 0 aliphatic rings. The minimum Gasteiger partial charge on any atom is -0.103 e. The summed E-state index contributed by atoms with van der Waals surface area (Å²) in [6.07, 6.45) is 8.84. The second-order valence-electron chi connectivity index (χ2n) is 2.70. The number of hydrogen-bond donors (Lipinski definition) is 0. The molecule has 0 aromatic heterocycles. The molecule has 0 nitrogen and oxygen atoms in total. The molecule has 0 unspecified atom stereocenters. The number of allylic oxidation sites excluding steroid dienone is 4. The van der Waals surface area contributed by atoms with Gasteiger partial charge in [-0.1, -0.05) is 44.7 Å². The van der Waals surface area contributed by atoms with Gasteiger partial charge >= 0.3 is 0 Å². The Morgan fingerprint density at radius 3 is 2.00 bits per heavy atom. The standard InChI is InChI=1S/C8H14.C3H6/c1-4-5-6-7-8(2)3;1-3-2/h4-6,8H,1,7H2,2-3H3;3H,1H2,2H3/b6-5-;. The lowest BCUT2D eigenvalue weighted by Gasteiger charge is -1.93. The average Bonchev–Trinajstić information content (AvgIpc) is 1.89. The van der Waals surface area contributed by atoms with Crippen LogP contribution in [0.2, 0.25) is 0 Å². The van der Waals surface area contributed by atoms with Crippen LogP contribution in [0.3, 0.4) is 0 Å². The molecule has 0 rings (SSSR count). The normalized spacial score (nSPS) is 9.09. The Morgan fingerprint density at radius 2 is 1.73 bits per heavy atom. The summed E-state index contributed by atoms with van der Waals surface area (Å²) in [5.41, 5.74) is 0. The molecule has 0 bridgehead atoms. The largest absolute Gasteiger partial charge is 0.103 e. The molecule has 0 radical (unpaired) electrons. The van der Waals surface area contributed by atoms with Crippen LogP contribution in [0.4, 0.5) is 0 Å². The van der Waals surface area contributed by atoms with Crippen molar-refractivity contribution in [2.75, 3.05) is 0 Å². The second kappa shape index (κ2) is 12.0. The first kappa shape index (κ1) is 12.9. The van der Waals surface area contributed by atoms with Gasteiger partial charge in [-0.25, -0.2) is 0 Å². The predicted molar refractivity (Wildman–Crippen MR) is 54.7 cm³/mol. The molecule has 0 atom stereocenters. The second-order valence-corrected chi connectivity index (χ2v) is 2.70. The molecule has 0 saturated heterocycles. The van der Waals surface area contributed by atoms with E-state index in [1.165, 1.54) is 0 Å². The maximum absolute atomic E-state index is 3.57. The van der Waals surface area contributed by atoms with Crippen LogP contribution in [0, 0.1) is 5.92 Å². The predicted octanol–water partition coefficient (Wildman–Crippen LogP) is 3.97. The van der Waals surface area contributed by atoms with E-state index in [9.17, 15) is 0 Å². The summed E-state index contributed by atoms with van der Waals surface area (Å²) in [7, 11) is 0. The van der Waals surface area contributed by atoms with Crippen molar-refractivity contribution < 1.29 is 0 Å². The molecule has 0 aliphatic carbocycles. The van der Waals surface area contributed by atoms with E-state index in [4.69, 9.17) is 0 Å². The molecule has 0 aliphatic heterocycles. The SMILES string of the molecule is C=C/C=C\CC(C)C.C=CC. The molecule has 0 fully saturated rings. The average molecular weight is 152 g/mol. The van der Waals surface area contributed by atoms with Crippen LogP contribution in [0.1, 0.15) is 27.2 Å². The Morgan fingerprint density at radius 1 is 1.27 bits per heavy atom. The van der Waals surface area contributed by atoms with Gasteiger partial charge in [0.1, 0.15) is 0 Å². The molecule has 64 valence electrons. The lowest BCUT2D eigenvalue weighted by molar-refractivity contribution is 0.664. The summed E-state index contributed by atoms with van der Waals surface area (Å²) in [4.78, 5) is 0. The molecular weight excluding hydrogens is 132 g/mol. The van der Waals surface area contributed by atoms with Gasteiger partial charge in [-0.15, -0.1) is 6.58 Å². The first-order valence-corrected chi connectivity index (χ1v) is 4.03. The van der Waals surface area contributed by atoms with Gasteiger partial charge in [0, 0.05) is 0 Å². The molecule has 0 amide bonds. The highest BCUT2D eigenvalue weighted by Crippen LogP contribution is 1.98. The summed E-state index contributed by atoms with van der Waals surface area (Å²) in [5, 5.41) is 0. The molecule has 0 aromatic rings. The number of hydrogen-bond acceptors (Lipinski definition) is 0. The van der Waals surface area contributed by atoms with Crippen molar-refractivity contribution >= 4 is 0 Å². The van der Waals surface area contributed by atoms with Gasteiger partial charge in [0.25, 0.3) is 0 Å². The first-order valence-electron chi connectivity index (χ1n) is 4.03. The zero-order valence-electron chi connectivity index (χ0n) is 8.01. The molecule has 0 N–H and O–H groups in total. The lowest BCUT2D eigenvalue weighted by Crippen LogP contribution is -1.79. The summed E-state index contributed by atoms with van der Waals surface area (Å²) < 4.78 is 0. The minimum absolute atomic E-state index is 0.770. The highest BCUT2D eigenvalue weighted by Gasteiger charge is 1.84. The third-order valence-electron chi connectivity index (χ3n) is 0.880. The lowest BCUT2D eigenvalue weighted by atomic mass is 10.1. The Hall–Kier alpha value is -0.780. The van der Waals surface area contributed by atoms with E-state index in [1.54, 1.807) is 6.08 Å². The van der Waals surface area contributed by atoms with Crippen LogP contribution in [0.15, 0.2) is 37.5 Å². The van der Waals surface area contributed by atoms with Crippen LogP contribution in [0.5, 0.6) is 0 Å². The fourth-order valence-electron chi connectivity index (χ4n) is 0.447. The van der Waals surface area contributed by atoms with Crippen LogP contribution >= 0.6 is 0 Å². The van der Waals surface area contributed by atoms with Gasteiger partial charge in [-0.3, -0.25) is 0 Å². The highest BCUT2D eigenvalue weighted by atomic mass is 13.9. The van der Waals surface area contributed by atoms with E-state index in [0.717, 1.165) is 12.3 Å². The molecule has 0 heterocycles. The van der Waals surface area contributed by atoms with Gasteiger partial charge in [0.2, 0.25) is 0 Å². The minimum atomic E-state index is 0.770. The van der Waals surface area contributed by atoms with Crippen LogP contribution in [-0.2, 0) is 0 Å². The first-order chi connectivity index (χ1) is 5.18. The van der Waals surface area contributed by atoms with Crippen LogP contribution < -0.4 is 0 Å². The Labute approximate surface area is 71.3 Å². The van der Waals surface area contributed by atoms with Crippen molar-refractivity contribution in [3.8, 4) is 0 Å². The Bertz CT molecular complexity index is 107. The van der Waals surface area contributed by atoms with E-state index >= 15 is 0 Å². The monoisotopic (exact) mass is 152 g/mol. The molecule has 11 heavy (non-hydrogen) atoms. The van der Waals surface area contributed by atoms with Crippen LogP contribution in [0.25, 0.3) is 0 Å².